The third kappa shape index (κ3) is 5.36. The van der Waals surface area contributed by atoms with Crippen LogP contribution in [0.15, 0.2) is 48.5 Å². The first-order chi connectivity index (χ1) is 19.1. The summed E-state index contributed by atoms with van der Waals surface area (Å²) in [5.41, 5.74) is 3.33. The van der Waals surface area contributed by atoms with Crippen molar-refractivity contribution in [2.24, 2.45) is 0 Å². The Labute approximate surface area is 226 Å². The summed E-state index contributed by atoms with van der Waals surface area (Å²) in [6.07, 6.45) is 0.974. The second-order valence-corrected chi connectivity index (χ2v) is 10.00. The molecule has 0 unspecified atom stereocenters. The van der Waals surface area contributed by atoms with Gasteiger partial charge in [-0.25, -0.2) is 13.8 Å². The van der Waals surface area contributed by atoms with Gasteiger partial charge in [0.15, 0.2) is 5.82 Å². The quantitative estimate of drug-likeness (QED) is 0.340. The highest BCUT2D eigenvalue weighted by Crippen LogP contribution is 2.28. The number of anilines is 3. The van der Waals surface area contributed by atoms with Gasteiger partial charge in [-0.15, -0.1) is 0 Å². The Morgan fingerprint density at radius 3 is 2.28 bits per heavy atom. The highest BCUT2D eigenvalue weighted by Gasteiger charge is 2.25. The zero-order chi connectivity index (χ0) is 26.8. The van der Waals surface area contributed by atoms with Crippen LogP contribution in [0.1, 0.15) is 37.1 Å². The minimum absolute atomic E-state index is 0.123. The van der Waals surface area contributed by atoms with Gasteiger partial charge in [0, 0.05) is 45.5 Å². The smallest absolute Gasteiger partial charge is 0.296 e. The molecule has 0 N–H and O–H groups in total. The van der Waals surface area contributed by atoms with Crippen LogP contribution in [0.2, 0.25) is 0 Å². The van der Waals surface area contributed by atoms with Crippen LogP contribution in [-0.2, 0) is 11.3 Å². The third-order valence-corrected chi connectivity index (χ3v) is 7.29. The maximum absolute atomic E-state index is 14.1. The summed E-state index contributed by atoms with van der Waals surface area (Å²) in [6, 6.07) is 15.6. The fourth-order valence-electron chi connectivity index (χ4n) is 5.23. The topological polar surface area (TPSA) is 75.4 Å². The fourth-order valence-corrected chi connectivity index (χ4v) is 5.23. The van der Waals surface area contributed by atoms with Gasteiger partial charge in [0.1, 0.15) is 0 Å². The van der Waals surface area contributed by atoms with Gasteiger partial charge in [-0.2, -0.15) is 15.0 Å². The van der Waals surface area contributed by atoms with Crippen LogP contribution in [0, 0.1) is 0 Å². The van der Waals surface area contributed by atoms with Gasteiger partial charge in [0.25, 0.3) is 6.43 Å². The lowest BCUT2D eigenvalue weighted by atomic mass is 10.1. The minimum atomic E-state index is -2.79. The standard InChI is InChI=1S/C28H32F2N8O/c1-35(19-20-9-11-21(12-10-20)36-13-5-2-6-14-36)26-32-27(37-15-17-39-18-16-37)34-28(33-26)38-23-8-4-3-7-22(23)31-25(38)24(29)30/h3-4,7-12,24H,2,5-6,13-19H2,1H3. The molecule has 2 aliphatic heterocycles. The van der Waals surface area contributed by atoms with E-state index >= 15 is 0 Å². The molecule has 0 aliphatic carbocycles. The van der Waals surface area contributed by atoms with E-state index in [0.717, 1.165) is 18.7 Å². The molecule has 0 spiro atoms. The molecule has 2 fully saturated rings. The number of imidazole rings is 1. The number of ether oxygens (including phenoxy) is 1. The predicted octanol–water partition coefficient (Wildman–Crippen LogP) is 4.61. The average Bonchev–Trinajstić information content (AvgIpc) is 3.38. The zero-order valence-corrected chi connectivity index (χ0v) is 22.0. The summed E-state index contributed by atoms with van der Waals surface area (Å²) in [6.45, 7) is 5.06. The zero-order valence-electron chi connectivity index (χ0n) is 22.0. The van der Waals surface area contributed by atoms with E-state index in [1.54, 1.807) is 24.3 Å². The second kappa shape index (κ2) is 11.1. The lowest BCUT2D eigenvalue weighted by Crippen LogP contribution is -2.38. The van der Waals surface area contributed by atoms with Crippen LogP contribution in [0.5, 0.6) is 0 Å². The maximum Gasteiger partial charge on any atom is 0.296 e. The van der Waals surface area contributed by atoms with E-state index < -0.39 is 12.2 Å². The Balaban J connectivity index is 1.35. The monoisotopic (exact) mass is 534 g/mol. The van der Waals surface area contributed by atoms with Gasteiger partial charge >= 0.3 is 0 Å². The van der Waals surface area contributed by atoms with Crippen LogP contribution in [0.4, 0.5) is 26.4 Å². The van der Waals surface area contributed by atoms with Gasteiger partial charge in [0.2, 0.25) is 17.8 Å². The van der Waals surface area contributed by atoms with E-state index in [4.69, 9.17) is 9.72 Å². The van der Waals surface area contributed by atoms with Gasteiger partial charge < -0.3 is 19.4 Å². The molecule has 2 aromatic carbocycles. The van der Waals surface area contributed by atoms with Crippen LogP contribution >= 0.6 is 0 Å². The molecule has 0 saturated carbocycles. The van der Waals surface area contributed by atoms with Crippen molar-refractivity contribution in [3.63, 3.8) is 0 Å². The minimum Gasteiger partial charge on any atom is -0.378 e. The molecule has 39 heavy (non-hydrogen) atoms. The molecule has 11 heteroatoms. The molecule has 2 saturated heterocycles. The lowest BCUT2D eigenvalue weighted by Gasteiger charge is -2.29. The average molecular weight is 535 g/mol. The molecule has 0 bridgehead atoms. The van der Waals surface area contributed by atoms with Crippen LogP contribution < -0.4 is 14.7 Å². The van der Waals surface area contributed by atoms with E-state index in [2.05, 4.69) is 44.1 Å². The normalized spacial score (nSPS) is 16.3. The van der Waals surface area contributed by atoms with E-state index in [9.17, 15) is 8.78 Å². The van der Waals surface area contributed by atoms with Crippen LogP contribution in [-0.4, -0.2) is 70.9 Å². The summed E-state index contributed by atoms with van der Waals surface area (Å²) in [5, 5.41) is 0. The number of fused-ring (bicyclic) bond motifs is 1. The largest absolute Gasteiger partial charge is 0.378 e. The predicted molar refractivity (Wildman–Crippen MR) is 147 cm³/mol. The first kappa shape index (κ1) is 25.4. The number of rotatable bonds is 7. The summed E-state index contributed by atoms with van der Waals surface area (Å²) < 4.78 is 35.1. The molecule has 0 atom stereocenters. The first-order valence-electron chi connectivity index (χ1n) is 13.5. The Morgan fingerprint density at radius 1 is 0.821 bits per heavy atom. The highest BCUT2D eigenvalue weighted by atomic mass is 19.3. The Hall–Kier alpha value is -3.86. The number of hydrogen-bond donors (Lipinski definition) is 0. The summed E-state index contributed by atoms with van der Waals surface area (Å²) in [7, 11) is 1.90. The number of alkyl halides is 2. The van der Waals surface area contributed by atoms with Crippen molar-refractivity contribution in [2.75, 3.05) is 61.1 Å². The molecule has 9 nitrogen and oxygen atoms in total. The van der Waals surface area contributed by atoms with E-state index in [-0.39, 0.29) is 5.95 Å². The molecule has 4 heterocycles. The molecule has 0 radical (unpaired) electrons. The molecule has 2 aromatic heterocycles. The molecular formula is C28H32F2N8O. The molecule has 0 amide bonds. The summed E-state index contributed by atoms with van der Waals surface area (Å²) in [5.74, 6) is 0.568. The van der Waals surface area contributed by atoms with Gasteiger partial charge in [0.05, 0.1) is 24.2 Å². The van der Waals surface area contributed by atoms with Gasteiger partial charge in [-0.1, -0.05) is 24.3 Å². The van der Waals surface area contributed by atoms with Crippen molar-refractivity contribution in [2.45, 2.75) is 32.2 Å². The Morgan fingerprint density at radius 2 is 1.54 bits per heavy atom. The SMILES string of the molecule is CN(Cc1ccc(N2CCCCC2)cc1)c1nc(N2CCOCC2)nc(-n2c(C(F)F)nc3ccccc32)n1. The maximum atomic E-state index is 14.1. The number of hydrogen-bond acceptors (Lipinski definition) is 8. The highest BCUT2D eigenvalue weighted by molar-refractivity contribution is 5.77. The van der Waals surface area contributed by atoms with Crippen LogP contribution in [0.3, 0.4) is 0 Å². The lowest BCUT2D eigenvalue weighted by molar-refractivity contribution is 0.122. The molecule has 4 aromatic rings. The van der Waals surface area contributed by atoms with E-state index in [1.165, 1.54) is 29.5 Å². The van der Waals surface area contributed by atoms with Crippen molar-refractivity contribution in [1.82, 2.24) is 24.5 Å². The van der Waals surface area contributed by atoms with Gasteiger partial charge in [-0.3, -0.25) is 4.57 Å². The van der Waals surface area contributed by atoms with Crippen molar-refractivity contribution in [3.8, 4) is 5.95 Å². The second-order valence-electron chi connectivity index (χ2n) is 10.00. The van der Waals surface area contributed by atoms with E-state index in [0.29, 0.717) is 55.8 Å². The van der Waals surface area contributed by atoms with Crippen molar-refractivity contribution in [3.05, 3.63) is 59.9 Å². The van der Waals surface area contributed by atoms with Crippen molar-refractivity contribution >= 4 is 28.6 Å². The van der Waals surface area contributed by atoms with E-state index in [1.807, 2.05) is 16.8 Å². The fraction of sp³-hybridized carbons (Fsp3) is 0.429. The Kier molecular flexibility index (Phi) is 7.23. The number of para-hydroxylation sites is 2. The number of piperidine rings is 1. The number of morpholine rings is 1. The number of benzene rings is 2. The van der Waals surface area contributed by atoms with Crippen LogP contribution in [0.25, 0.3) is 17.0 Å². The van der Waals surface area contributed by atoms with Crippen molar-refractivity contribution in [1.29, 1.82) is 0 Å². The summed E-state index contributed by atoms with van der Waals surface area (Å²) >= 11 is 0. The number of aromatic nitrogens is 5. The summed E-state index contributed by atoms with van der Waals surface area (Å²) in [4.78, 5) is 24.6. The third-order valence-electron chi connectivity index (χ3n) is 7.29. The van der Waals surface area contributed by atoms with Gasteiger partial charge in [-0.05, 0) is 49.1 Å². The molecular weight excluding hydrogens is 502 g/mol. The Bertz CT molecular complexity index is 1420. The molecule has 6 rings (SSSR count). The molecule has 204 valence electrons. The number of nitrogens with zero attached hydrogens (tertiary/aromatic N) is 8. The number of halogens is 2. The first-order valence-corrected chi connectivity index (χ1v) is 13.5. The molecule has 2 aliphatic rings. The van der Waals surface area contributed by atoms with Crippen molar-refractivity contribution < 1.29 is 13.5 Å².